The number of amides is 1. The Hall–Kier alpha value is -2.66. The fourth-order valence-corrected chi connectivity index (χ4v) is 3.94. The molecule has 0 bridgehead atoms. The molecule has 3 aromatic rings. The lowest BCUT2D eigenvalue weighted by molar-refractivity contribution is 0.0693. The predicted octanol–water partition coefficient (Wildman–Crippen LogP) is 3.84. The maximum atomic E-state index is 13.2. The second kappa shape index (κ2) is 8.60. The van der Waals surface area contributed by atoms with Crippen LogP contribution in [-0.4, -0.2) is 32.1 Å². The normalized spacial score (nSPS) is 16.0. The summed E-state index contributed by atoms with van der Waals surface area (Å²) >= 11 is 2.19. The van der Waals surface area contributed by atoms with E-state index in [2.05, 4.69) is 27.7 Å². The zero-order valence-corrected chi connectivity index (χ0v) is 19.0. The van der Waals surface area contributed by atoms with Crippen molar-refractivity contribution in [2.45, 2.75) is 12.5 Å². The predicted molar refractivity (Wildman–Crippen MR) is 123 cm³/mol. The third-order valence-corrected chi connectivity index (χ3v) is 6.34. The van der Waals surface area contributed by atoms with Gasteiger partial charge >= 0.3 is 0 Å². The monoisotopic (exact) mass is 535 g/mol. The van der Waals surface area contributed by atoms with Crippen LogP contribution in [0.3, 0.4) is 0 Å². The number of hydrazone groups is 1. The summed E-state index contributed by atoms with van der Waals surface area (Å²) in [5.41, 5.74) is 2.66. The van der Waals surface area contributed by atoms with Crippen LogP contribution in [0.2, 0.25) is 0 Å². The molecule has 0 fully saturated rings. The van der Waals surface area contributed by atoms with Crippen LogP contribution < -0.4 is 4.31 Å². The van der Waals surface area contributed by atoms with Gasteiger partial charge in [0.25, 0.3) is 5.91 Å². The molecule has 1 atom stereocenters. The van der Waals surface area contributed by atoms with Crippen LogP contribution in [0.15, 0.2) is 76.4 Å². The number of hydrogen-bond acceptors (Lipinski definition) is 5. The highest BCUT2D eigenvalue weighted by Crippen LogP contribution is 2.34. The summed E-state index contributed by atoms with van der Waals surface area (Å²) in [5.74, 6) is 0.454. The van der Waals surface area contributed by atoms with Crippen molar-refractivity contribution in [1.82, 2.24) is 5.01 Å². The Morgan fingerprint density at radius 2 is 1.83 bits per heavy atom. The molecule has 154 valence electrons. The minimum atomic E-state index is -2.70. The summed E-state index contributed by atoms with van der Waals surface area (Å²) in [6, 6.07) is 17.7. The van der Waals surface area contributed by atoms with E-state index in [9.17, 15) is 13.2 Å². The number of rotatable bonds is 5. The smallest absolute Gasteiger partial charge is 0.274 e. The zero-order chi connectivity index (χ0) is 21.3. The van der Waals surface area contributed by atoms with Gasteiger partial charge in [0, 0.05) is 22.6 Å². The molecule has 4 rings (SSSR count). The Morgan fingerprint density at radius 1 is 1.13 bits per heavy atom. The molecule has 0 N–H and O–H groups in total. The lowest BCUT2D eigenvalue weighted by Crippen LogP contribution is -2.26. The average Bonchev–Trinajstić information content (AvgIpc) is 3.43. The molecule has 30 heavy (non-hydrogen) atoms. The van der Waals surface area contributed by atoms with Gasteiger partial charge in [-0.05, 0) is 76.7 Å². The first-order valence-electron chi connectivity index (χ1n) is 9.12. The molecule has 1 amide bonds. The number of carbonyl (C=O) groups is 1. The number of hydrogen-bond donors (Lipinski definition) is 1. The minimum Gasteiger partial charge on any atom is -0.467 e. The van der Waals surface area contributed by atoms with Crippen molar-refractivity contribution in [2.75, 3.05) is 11.4 Å². The molecule has 1 aliphatic heterocycles. The highest BCUT2D eigenvalue weighted by molar-refractivity contribution is 14.1. The third-order valence-electron chi connectivity index (χ3n) is 4.90. The Kier molecular flexibility index (Phi) is 5.91. The number of carbonyl (C=O) groups excluding carboxylic acids is 1. The van der Waals surface area contributed by atoms with Crippen LogP contribution in [0.4, 0.5) is 5.69 Å². The van der Waals surface area contributed by atoms with Crippen molar-refractivity contribution in [3.63, 3.8) is 0 Å². The molecule has 0 radical (unpaired) electrons. The Labute approximate surface area is 189 Å². The first kappa shape index (κ1) is 20.6. The fraction of sp³-hybridized carbons (Fsp3) is 0.143. The zero-order valence-electron chi connectivity index (χ0n) is 15.9. The molecule has 0 aliphatic carbocycles. The lowest BCUT2D eigenvalue weighted by atomic mass is 10.0. The Morgan fingerprint density at radius 3 is 2.43 bits per heavy atom. The number of halogens is 1. The van der Waals surface area contributed by atoms with E-state index in [-0.39, 0.29) is 11.9 Å². The SMILES string of the molecule is CN(c1ccc(C2=NN(C(=O)c3ccc(I)cc3)C(c3ccco3)C2)cc1)[SH](=O)=O. The summed E-state index contributed by atoms with van der Waals surface area (Å²) in [6.45, 7) is 0. The van der Waals surface area contributed by atoms with E-state index in [0.29, 0.717) is 23.4 Å². The first-order chi connectivity index (χ1) is 14.4. The van der Waals surface area contributed by atoms with Gasteiger partial charge in [0.05, 0.1) is 17.7 Å². The fourth-order valence-electron chi connectivity index (χ4n) is 3.26. The summed E-state index contributed by atoms with van der Waals surface area (Å²) < 4.78 is 30.1. The van der Waals surface area contributed by atoms with Crippen LogP contribution in [0.1, 0.15) is 34.1 Å². The van der Waals surface area contributed by atoms with Crippen molar-refractivity contribution in [2.24, 2.45) is 5.10 Å². The second-order valence-corrected chi connectivity index (χ2v) is 9.07. The molecule has 7 nitrogen and oxygen atoms in total. The van der Waals surface area contributed by atoms with Gasteiger partial charge in [-0.2, -0.15) is 5.10 Å². The molecule has 2 aromatic carbocycles. The van der Waals surface area contributed by atoms with E-state index in [4.69, 9.17) is 4.42 Å². The van der Waals surface area contributed by atoms with E-state index in [1.54, 1.807) is 36.6 Å². The Bertz CT molecular complexity index is 1150. The molecular weight excluding hydrogens is 517 g/mol. The molecule has 9 heteroatoms. The van der Waals surface area contributed by atoms with E-state index in [1.165, 1.54) is 16.4 Å². The van der Waals surface area contributed by atoms with Gasteiger partial charge in [-0.1, -0.05) is 12.1 Å². The molecule has 1 aromatic heterocycles. The molecule has 1 aliphatic rings. The van der Waals surface area contributed by atoms with Gasteiger partial charge in [0.2, 0.25) is 10.9 Å². The maximum Gasteiger partial charge on any atom is 0.274 e. The molecule has 0 spiro atoms. The molecule has 2 heterocycles. The molecule has 0 saturated carbocycles. The summed E-state index contributed by atoms with van der Waals surface area (Å²) in [5, 5.41) is 6.07. The van der Waals surface area contributed by atoms with Crippen LogP contribution in [0.5, 0.6) is 0 Å². The average molecular weight is 535 g/mol. The second-order valence-electron chi connectivity index (χ2n) is 6.75. The largest absolute Gasteiger partial charge is 0.467 e. The Balaban J connectivity index is 1.66. The number of benzene rings is 2. The van der Waals surface area contributed by atoms with E-state index in [1.807, 2.05) is 30.3 Å². The number of thiol groups is 1. The standard InChI is InChI=1S/C21H18IN3O4S/c1-24(30(27)28)17-10-6-14(7-11-17)18-13-19(20-3-2-12-29-20)25(23-18)21(26)15-4-8-16(22)9-5-15/h2-12,19,30H,13H2,1H3. The number of anilines is 1. The van der Waals surface area contributed by atoms with E-state index in [0.717, 1.165) is 14.8 Å². The van der Waals surface area contributed by atoms with Crippen molar-refractivity contribution >= 4 is 50.8 Å². The van der Waals surface area contributed by atoms with Gasteiger partial charge in [-0.25, -0.2) is 13.4 Å². The summed E-state index contributed by atoms with van der Waals surface area (Å²) in [6.07, 6.45) is 2.07. The van der Waals surface area contributed by atoms with Crippen LogP contribution >= 0.6 is 22.6 Å². The van der Waals surface area contributed by atoms with Crippen LogP contribution in [0.25, 0.3) is 0 Å². The van der Waals surface area contributed by atoms with Crippen molar-refractivity contribution in [1.29, 1.82) is 0 Å². The van der Waals surface area contributed by atoms with Gasteiger partial charge in [0.1, 0.15) is 11.8 Å². The van der Waals surface area contributed by atoms with Gasteiger partial charge in [-0.3, -0.25) is 9.10 Å². The third kappa shape index (κ3) is 4.12. The van der Waals surface area contributed by atoms with Gasteiger partial charge in [-0.15, -0.1) is 0 Å². The van der Waals surface area contributed by atoms with Gasteiger partial charge < -0.3 is 4.42 Å². The van der Waals surface area contributed by atoms with E-state index < -0.39 is 10.9 Å². The summed E-state index contributed by atoms with van der Waals surface area (Å²) in [4.78, 5) is 13.2. The van der Waals surface area contributed by atoms with E-state index >= 15 is 0 Å². The quantitative estimate of drug-likeness (QED) is 0.398. The highest BCUT2D eigenvalue weighted by Gasteiger charge is 2.35. The lowest BCUT2D eigenvalue weighted by Gasteiger charge is -2.19. The topological polar surface area (TPSA) is 83.2 Å². The van der Waals surface area contributed by atoms with Crippen molar-refractivity contribution < 1.29 is 17.6 Å². The van der Waals surface area contributed by atoms with Crippen molar-refractivity contribution in [3.05, 3.63) is 87.4 Å². The van der Waals surface area contributed by atoms with Gasteiger partial charge in [0.15, 0.2) is 0 Å². The maximum absolute atomic E-state index is 13.2. The highest BCUT2D eigenvalue weighted by atomic mass is 127. The minimum absolute atomic E-state index is 0.206. The molecule has 1 unspecified atom stereocenters. The van der Waals surface area contributed by atoms with Crippen LogP contribution in [-0.2, 0) is 10.9 Å². The van der Waals surface area contributed by atoms with Crippen LogP contribution in [0, 0.1) is 3.57 Å². The number of nitrogens with zero attached hydrogens (tertiary/aromatic N) is 3. The molecule has 0 saturated heterocycles. The van der Waals surface area contributed by atoms with Crippen molar-refractivity contribution in [3.8, 4) is 0 Å². The summed E-state index contributed by atoms with van der Waals surface area (Å²) in [7, 11) is -1.21. The molecular formula is C21H18IN3O4S. The first-order valence-corrected chi connectivity index (χ1v) is 11.3. The number of furan rings is 1.